The van der Waals surface area contributed by atoms with Crippen LogP contribution in [0.5, 0.6) is 0 Å². The SMILES string of the molecule is CCNc1cc(C(=O)NC(C)C)ccc1N1CCC(N2C(=O)OCc3ccccc32)CC1. The molecule has 0 bridgehead atoms. The van der Waals surface area contributed by atoms with Crippen LogP contribution >= 0.6 is 0 Å². The summed E-state index contributed by atoms with van der Waals surface area (Å²) in [6.45, 7) is 8.73. The van der Waals surface area contributed by atoms with E-state index in [0.29, 0.717) is 12.2 Å². The minimum Gasteiger partial charge on any atom is -0.444 e. The lowest BCUT2D eigenvalue weighted by atomic mass is 9.99. The first-order chi connectivity index (χ1) is 15.5. The summed E-state index contributed by atoms with van der Waals surface area (Å²) in [5.74, 6) is -0.0633. The lowest BCUT2D eigenvalue weighted by molar-refractivity contribution is 0.0943. The molecule has 170 valence electrons. The monoisotopic (exact) mass is 436 g/mol. The molecule has 0 saturated carbocycles. The van der Waals surface area contributed by atoms with E-state index in [1.807, 2.05) is 61.2 Å². The van der Waals surface area contributed by atoms with E-state index in [4.69, 9.17) is 4.74 Å². The Kier molecular flexibility index (Phi) is 6.53. The number of carbonyl (C=O) groups is 2. The number of amides is 2. The molecular formula is C25H32N4O3. The van der Waals surface area contributed by atoms with Gasteiger partial charge >= 0.3 is 6.09 Å². The third-order valence-corrected chi connectivity index (χ3v) is 6.02. The van der Waals surface area contributed by atoms with Crippen LogP contribution < -0.4 is 20.4 Å². The van der Waals surface area contributed by atoms with Gasteiger partial charge in [0.1, 0.15) is 6.61 Å². The fourth-order valence-electron chi connectivity index (χ4n) is 4.52. The Morgan fingerprint density at radius 2 is 1.88 bits per heavy atom. The zero-order chi connectivity index (χ0) is 22.7. The van der Waals surface area contributed by atoms with Gasteiger partial charge in [-0.15, -0.1) is 0 Å². The Morgan fingerprint density at radius 1 is 1.12 bits per heavy atom. The Labute approximate surface area is 189 Å². The number of hydrogen-bond donors (Lipinski definition) is 2. The Bertz CT molecular complexity index is 983. The Hall–Kier alpha value is -3.22. The van der Waals surface area contributed by atoms with Crippen LogP contribution in [-0.4, -0.2) is 43.7 Å². The first kappa shape index (κ1) is 22.0. The third-order valence-electron chi connectivity index (χ3n) is 6.02. The number of fused-ring (bicyclic) bond motifs is 1. The van der Waals surface area contributed by atoms with Crippen LogP contribution in [0.25, 0.3) is 0 Å². The van der Waals surface area contributed by atoms with Crippen molar-refractivity contribution in [1.29, 1.82) is 0 Å². The molecule has 2 aromatic carbocycles. The number of para-hydroxylation sites is 1. The Morgan fingerprint density at radius 3 is 2.59 bits per heavy atom. The number of cyclic esters (lactones) is 1. The van der Waals surface area contributed by atoms with Crippen LogP contribution in [-0.2, 0) is 11.3 Å². The van der Waals surface area contributed by atoms with Gasteiger partial charge in [-0.05, 0) is 57.9 Å². The van der Waals surface area contributed by atoms with E-state index in [-0.39, 0.29) is 24.1 Å². The molecule has 2 aliphatic heterocycles. The molecule has 2 aromatic rings. The fourth-order valence-corrected chi connectivity index (χ4v) is 4.52. The van der Waals surface area contributed by atoms with Crippen molar-refractivity contribution in [3.05, 3.63) is 53.6 Å². The van der Waals surface area contributed by atoms with Gasteiger partial charge in [-0.25, -0.2) is 4.79 Å². The average molecular weight is 437 g/mol. The van der Waals surface area contributed by atoms with E-state index in [9.17, 15) is 9.59 Å². The quantitative estimate of drug-likeness (QED) is 0.703. The van der Waals surface area contributed by atoms with Crippen LogP contribution in [0, 0.1) is 0 Å². The van der Waals surface area contributed by atoms with Crippen LogP contribution in [0.3, 0.4) is 0 Å². The van der Waals surface area contributed by atoms with Crippen LogP contribution in [0.15, 0.2) is 42.5 Å². The molecule has 7 heteroatoms. The van der Waals surface area contributed by atoms with Gasteiger partial charge < -0.3 is 20.3 Å². The van der Waals surface area contributed by atoms with Crippen LogP contribution in [0.2, 0.25) is 0 Å². The highest BCUT2D eigenvalue weighted by atomic mass is 16.6. The molecule has 2 heterocycles. The maximum Gasteiger partial charge on any atom is 0.414 e. The molecule has 0 aromatic heterocycles. The lowest BCUT2D eigenvalue weighted by Crippen LogP contribution is -2.49. The smallest absolute Gasteiger partial charge is 0.414 e. The number of ether oxygens (including phenoxy) is 1. The third kappa shape index (κ3) is 4.52. The van der Waals surface area contributed by atoms with E-state index in [2.05, 4.69) is 22.5 Å². The van der Waals surface area contributed by atoms with Gasteiger partial charge in [0.2, 0.25) is 0 Å². The van der Waals surface area contributed by atoms with Gasteiger partial charge in [0.15, 0.2) is 0 Å². The number of hydrogen-bond acceptors (Lipinski definition) is 5. The molecule has 0 radical (unpaired) electrons. The Balaban J connectivity index is 1.49. The van der Waals surface area contributed by atoms with Gasteiger partial charge in [0.05, 0.1) is 17.1 Å². The first-order valence-electron chi connectivity index (χ1n) is 11.5. The predicted octanol–water partition coefficient (Wildman–Crippen LogP) is 4.38. The van der Waals surface area contributed by atoms with E-state index < -0.39 is 0 Å². The van der Waals surface area contributed by atoms with E-state index >= 15 is 0 Å². The highest BCUT2D eigenvalue weighted by Gasteiger charge is 2.34. The molecule has 2 N–H and O–H groups in total. The van der Waals surface area contributed by atoms with Crippen molar-refractivity contribution in [2.45, 2.75) is 52.3 Å². The fraction of sp³-hybridized carbons (Fsp3) is 0.440. The van der Waals surface area contributed by atoms with Crippen molar-refractivity contribution in [3.8, 4) is 0 Å². The summed E-state index contributed by atoms with van der Waals surface area (Å²) in [6.07, 6.45) is 1.45. The molecule has 0 unspecified atom stereocenters. The molecule has 1 fully saturated rings. The second-order valence-corrected chi connectivity index (χ2v) is 8.66. The number of nitrogens with one attached hydrogen (secondary N) is 2. The van der Waals surface area contributed by atoms with Gasteiger partial charge in [-0.2, -0.15) is 0 Å². The molecule has 32 heavy (non-hydrogen) atoms. The van der Waals surface area contributed by atoms with Gasteiger partial charge in [-0.3, -0.25) is 9.69 Å². The number of carbonyl (C=O) groups excluding carboxylic acids is 2. The van der Waals surface area contributed by atoms with Crippen LogP contribution in [0.4, 0.5) is 21.9 Å². The van der Waals surface area contributed by atoms with Gasteiger partial charge in [-0.1, -0.05) is 18.2 Å². The van der Waals surface area contributed by atoms with Gasteiger partial charge in [0.25, 0.3) is 5.91 Å². The molecule has 2 aliphatic rings. The van der Waals surface area contributed by atoms with Crippen molar-refractivity contribution in [2.75, 3.05) is 34.8 Å². The number of piperidine rings is 1. The zero-order valence-corrected chi connectivity index (χ0v) is 19.1. The van der Waals surface area contributed by atoms with Crippen LogP contribution in [0.1, 0.15) is 49.5 Å². The maximum absolute atomic E-state index is 12.6. The molecule has 0 aliphatic carbocycles. The molecule has 4 rings (SSSR count). The molecule has 1 saturated heterocycles. The molecule has 0 atom stereocenters. The second kappa shape index (κ2) is 9.51. The van der Waals surface area contributed by atoms with Crippen molar-refractivity contribution >= 4 is 29.1 Å². The summed E-state index contributed by atoms with van der Waals surface area (Å²) in [7, 11) is 0. The number of anilines is 3. The standard InChI is InChI=1S/C25H32N4O3/c1-4-26-21-15-18(24(30)27-17(2)3)9-10-23(21)28-13-11-20(12-14-28)29-22-8-6-5-7-19(22)16-32-25(29)31/h5-10,15,17,20,26H,4,11-14,16H2,1-3H3,(H,27,30). The summed E-state index contributed by atoms with van der Waals surface area (Å²) in [5.41, 5.74) is 4.73. The highest BCUT2D eigenvalue weighted by Crippen LogP contribution is 2.34. The van der Waals surface area contributed by atoms with E-state index in [1.165, 1.54) is 0 Å². The highest BCUT2D eigenvalue weighted by molar-refractivity contribution is 5.96. The minimum atomic E-state index is -0.254. The number of benzene rings is 2. The molecule has 2 amide bonds. The summed E-state index contributed by atoms with van der Waals surface area (Å²) in [6, 6.07) is 14.0. The number of rotatable bonds is 6. The van der Waals surface area contributed by atoms with Crippen molar-refractivity contribution < 1.29 is 14.3 Å². The average Bonchev–Trinajstić information content (AvgIpc) is 2.79. The van der Waals surface area contributed by atoms with Crippen molar-refractivity contribution in [3.63, 3.8) is 0 Å². The molecular weight excluding hydrogens is 404 g/mol. The van der Waals surface area contributed by atoms with Crippen molar-refractivity contribution in [1.82, 2.24) is 5.32 Å². The van der Waals surface area contributed by atoms with Crippen molar-refractivity contribution in [2.24, 2.45) is 0 Å². The minimum absolute atomic E-state index is 0.0633. The topological polar surface area (TPSA) is 73.9 Å². The molecule has 0 spiro atoms. The number of nitrogens with zero attached hydrogens (tertiary/aromatic N) is 2. The van der Waals surface area contributed by atoms with E-state index in [1.54, 1.807) is 0 Å². The summed E-state index contributed by atoms with van der Waals surface area (Å²) in [5, 5.41) is 6.36. The summed E-state index contributed by atoms with van der Waals surface area (Å²) >= 11 is 0. The normalized spacial score (nSPS) is 16.6. The first-order valence-corrected chi connectivity index (χ1v) is 11.5. The van der Waals surface area contributed by atoms with E-state index in [0.717, 1.165) is 55.1 Å². The predicted molar refractivity (Wildman–Crippen MR) is 128 cm³/mol. The summed E-state index contributed by atoms with van der Waals surface area (Å²) < 4.78 is 5.42. The van der Waals surface area contributed by atoms with Gasteiger partial charge in [0, 0.05) is 42.8 Å². The lowest BCUT2D eigenvalue weighted by Gasteiger charge is -2.41. The largest absolute Gasteiger partial charge is 0.444 e. The zero-order valence-electron chi connectivity index (χ0n) is 19.1. The summed E-state index contributed by atoms with van der Waals surface area (Å²) in [4.78, 5) is 29.2. The second-order valence-electron chi connectivity index (χ2n) is 8.66. The molecule has 7 nitrogen and oxygen atoms in total. The maximum atomic E-state index is 12.6.